The molecule has 16 bridgehead atoms. The van der Waals surface area contributed by atoms with Crippen LogP contribution in [0.15, 0.2) is 0 Å². The average molecular weight is 1290 g/mol. The van der Waals surface area contributed by atoms with E-state index in [1.54, 1.807) is 186 Å². The van der Waals surface area contributed by atoms with E-state index in [-0.39, 0.29) is 5.89 Å². The zero-order valence-corrected chi connectivity index (χ0v) is 63.6. The average Bonchev–Trinajstić information content (AvgIpc) is 1.68. The quantitative estimate of drug-likeness (QED) is 0.271. The van der Waals surface area contributed by atoms with Crippen molar-refractivity contribution in [3.63, 3.8) is 0 Å². The summed E-state index contributed by atoms with van der Waals surface area (Å²) in [7, 11) is 2.20. The highest BCUT2D eigenvalue weighted by atomic mass is 19.4. The number of fused-ring (bicyclic) bond motifs is 9. The molecule has 0 aromatic heterocycles. The number of rotatable bonds is 4. The predicted octanol–water partition coefficient (Wildman–Crippen LogP) is 28.1. The van der Waals surface area contributed by atoms with Crippen LogP contribution in [0.5, 0.6) is 0 Å². The molecule has 0 aromatic rings. The lowest BCUT2D eigenvalue weighted by molar-refractivity contribution is -0.229. The van der Waals surface area contributed by atoms with E-state index in [0.29, 0.717) is 18.8 Å². The summed E-state index contributed by atoms with van der Waals surface area (Å²) in [5.41, 5.74) is 0.238. The van der Waals surface area contributed by atoms with Crippen LogP contribution in [0.3, 0.4) is 0 Å². The van der Waals surface area contributed by atoms with Gasteiger partial charge in [-0.3, -0.25) is 0 Å². The molecular formula is C88H158F3N. The van der Waals surface area contributed by atoms with Crippen molar-refractivity contribution in [2.75, 3.05) is 20.1 Å². The van der Waals surface area contributed by atoms with Crippen LogP contribution in [0.4, 0.5) is 13.2 Å². The summed E-state index contributed by atoms with van der Waals surface area (Å²) < 4.78 is 45.2. The molecule has 22 rings (SSSR count). The van der Waals surface area contributed by atoms with E-state index in [4.69, 9.17) is 1.37 Å². The summed E-state index contributed by atoms with van der Waals surface area (Å²) >= 11 is 0. The molecule has 0 aromatic carbocycles. The molecule has 22 fully saturated rings. The van der Waals surface area contributed by atoms with Gasteiger partial charge in [-0.1, -0.05) is 185 Å². The SMILES string of the molecule is CC12CC3CC(CC(C3)C1)C2.CC1CCCCC1.CC1CCN(C)CC1.CCC12CC3CC(CC(C3)C1)C2.CCC1CC2CC(C1)C2.CCC1CC2CCC1C2.CCC1CCC(C)(C(F)(F)F)CC1.C[C@@H]1CC2CCC1C2.C[C@@H]1CC2CCC1CC2.[2H]C1(C)CCCC1. The van der Waals surface area contributed by atoms with Crippen molar-refractivity contribution in [2.45, 2.75) is 391 Å². The lowest BCUT2D eigenvalue weighted by atomic mass is 9.49. The molecule has 92 heavy (non-hydrogen) atoms. The van der Waals surface area contributed by atoms with Gasteiger partial charge in [0.1, 0.15) is 0 Å². The van der Waals surface area contributed by atoms with Crippen molar-refractivity contribution in [2.24, 2.45) is 146 Å². The molecule has 7 atom stereocenters. The number of halogens is 3. The molecule has 21 saturated carbocycles. The number of hydrogen-bond donors (Lipinski definition) is 0. The van der Waals surface area contributed by atoms with Crippen LogP contribution in [0.25, 0.3) is 0 Å². The molecule has 0 spiro atoms. The Bertz CT molecular complexity index is 1970. The highest BCUT2D eigenvalue weighted by Gasteiger charge is 2.53. The topological polar surface area (TPSA) is 3.24 Å². The standard InChI is InChI=1S/C12H20.C11H18.C10H17F3.3C9H16.C8H14.C7H15N.C7H14.C6H12/c1-2-12-6-9-3-10(7-12)5-11(4-9)8-12;1-11-5-8-2-9(6-11)4-10(3-8)7-11;1-3-8-4-6-9(2,7-5-8)10(11,12)13;1-7-6-8-2-4-9(7)5-3-8;1-2-7-3-8-5-9(4-7)6-8;1-2-8-5-7-3-4-9(8)6-7;1-6-4-7-2-3-8(6)5-7;1-7-3-5-8(2)6-4-7;1-7-5-3-2-4-6-7;1-6-4-2-3-5-6/h9-11H,2-8H2,1H3;8-10H,2-7H2,1H3;8H,3-7H2,1-2H3;3*7-9H,2-6H2,1H3;6-8H,2-5H2,1H3;7H,3-6H2,1-2H3;7H,2-6H2,1H3;6H,2-5H2,1H3/t;;;7-,8?,9?;;;6-,7?,8?;;;/m...1..1.../s1/i;;;;;;;;;6D. The molecule has 4 heteroatoms. The number of hydrogen-bond acceptors (Lipinski definition) is 1. The summed E-state index contributed by atoms with van der Waals surface area (Å²) in [5.74, 6) is 22.9. The first-order valence-corrected chi connectivity index (χ1v) is 42.6. The van der Waals surface area contributed by atoms with E-state index in [2.05, 4.69) is 74.3 Å². The molecule has 5 unspecified atom stereocenters. The van der Waals surface area contributed by atoms with Gasteiger partial charge in [-0.2, -0.15) is 13.2 Å². The summed E-state index contributed by atoms with van der Waals surface area (Å²) in [5, 5.41) is 0. The lowest BCUT2D eigenvalue weighted by Crippen LogP contribution is -2.45. The van der Waals surface area contributed by atoms with Gasteiger partial charge < -0.3 is 4.90 Å². The maximum absolute atomic E-state index is 12.6. The second kappa shape index (κ2) is 35.9. The Kier molecular flexibility index (Phi) is 29.0. The molecule has 1 aliphatic heterocycles. The van der Waals surface area contributed by atoms with E-state index in [0.717, 1.165) is 161 Å². The predicted molar refractivity (Wildman–Crippen MR) is 392 cm³/mol. The fourth-order valence-electron chi connectivity index (χ4n) is 25.5. The maximum Gasteiger partial charge on any atom is 0.394 e. The monoisotopic (exact) mass is 1290 g/mol. The van der Waals surface area contributed by atoms with E-state index in [1.807, 2.05) is 6.92 Å². The second-order valence-electron chi connectivity index (χ2n) is 39.2. The van der Waals surface area contributed by atoms with Crippen molar-refractivity contribution < 1.29 is 14.5 Å². The Labute approximate surface area is 573 Å². The molecule has 0 amide bonds. The minimum atomic E-state index is -4.01. The third-order valence-electron chi connectivity index (χ3n) is 31.2. The zero-order chi connectivity index (χ0) is 66.6. The minimum absolute atomic E-state index is 0.0556. The fraction of sp³-hybridized carbons (Fsp3) is 1.00. The number of nitrogens with zero attached hydrogens (tertiary/aromatic N) is 1. The number of likely N-dealkylation sites (tertiary alicyclic amines) is 1. The van der Waals surface area contributed by atoms with Gasteiger partial charge in [0, 0.05) is 1.37 Å². The smallest absolute Gasteiger partial charge is 0.306 e. The van der Waals surface area contributed by atoms with Crippen molar-refractivity contribution >= 4 is 0 Å². The van der Waals surface area contributed by atoms with Crippen molar-refractivity contribution in [3.05, 3.63) is 0 Å². The van der Waals surface area contributed by atoms with Gasteiger partial charge in [0.2, 0.25) is 0 Å². The van der Waals surface area contributed by atoms with Crippen LogP contribution < -0.4 is 0 Å². The molecule has 0 radical (unpaired) electrons. The van der Waals surface area contributed by atoms with Crippen LogP contribution in [0.2, 0.25) is 0 Å². The molecule has 536 valence electrons. The van der Waals surface area contributed by atoms with Gasteiger partial charge in [-0.25, -0.2) is 0 Å². The Balaban J connectivity index is 0.000000123. The van der Waals surface area contributed by atoms with Crippen molar-refractivity contribution in [3.8, 4) is 0 Å². The Hall–Kier alpha value is -0.250. The van der Waals surface area contributed by atoms with Gasteiger partial charge in [0.25, 0.3) is 0 Å². The van der Waals surface area contributed by atoms with Gasteiger partial charge in [-0.05, 0) is 360 Å². The molecule has 22 aliphatic rings. The summed E-state index contributed by atoms with van der Waals surface area (Å²) in [6.45, 7) is 27.3. The Morgan fingerprint density at radius 3 is 1.07 bits per heavy atom. The first-order chi connectivity index (χ1) is 44.3. The van der Waals surface area contributed by atoms with Gasteiger partial charge in [0.05, 0.1) is 5.41 Å². The number of piperidine rings is 1. The third kappa shape index (κ3) is 22.6. The molecule has 21 aliphatic carbocycles. The van der Waals surface area contributed by atoms with Crippen LogP contribution in [0, 0.1) is 146 Å². The van der Waals surface area contributed by atoms with Crippen molar-refractivity contribution in [1.82, 2.24) is 4.90 Å². The lowest BCUT2D eigenvalue weighted by Gasteiger charge is -2.56. The Morgan fingerprint density at radius 2 is 0.793 bits per heavy atom. The van der Waals surface area contributed by atoms with Crippen LogP contribution >= 0.6 is 0 Å². The third-order valence-corrected chi connectivity index (χ3v) is 31.2. The van der Waals surface area contributed by atoms with Gasteiger partial charge in [0.15, 0.2) is 0 Å². The summed E-state index contributed by atoms with van der Waals surface area (Å²) in [6.07, 6.45) is 64.1. The molecule has 1 saturated heterocycles. The molecule has 0 N–H and O–H groups in total. The van der Waals surface area contributed by atoms with E-state index in [9.17, 15) is 13.2 Å². The number of alkyl halides is 3. The summed E-state index contributed by atoms with van der Waals surface area (Å²) in [6, 6.07) is 0. The first kappa shape index (κ1) is 74.4. The molecular weight excluding hydrogens is 1130 g/mol. The summed E-state index contributed by atoms with van der Waals surface area (Å²) in [4.78, 5) is 2.40. The molecule has 1 heterocycles. The minimum Gasteiger partial charge on any atom is -0.306 e. The zero-order valence-electron chi connectivity index (χ0n) is 64.6. The van der Waals surface area contributed by atoms with Gasteiger partial charge in [-0.15, -0.1) is 0 Å². The second-order valence-corrected chi connectivity index (χ2v) is 39.2. The normalized spacial score (nSPS) is 44.9. The highest BCUT2D eigenvalue weighted by molar-refractivity contribution is 5.02. The fourth-order valence-corrected chi connectivity index (χ4v) is 25.5. The van der Waals surface area contributed by atoms with Crippen LogP contribution in [0.1, 0.15) is 386 Å². The Morgan fingerprint density at radius 1 is 0.380 bits per heavy atom. The van der Waals surface area contributed by atoms with Crippen LogP contribution in [-0.2, 0) is 0 Å². The first-order valence-electron chi connectivity index (χ1n) is 43.1. The maximum atomic E-state index is 12.6. The largest absolute Gasteiger partial charge is 0.394 e. The van der Waals surface area contributed by atoms with Gasteiger partial charge >= 0.3 is 6.18 Å². The van der Waals surface area contributed by atoms with E-state index in [1.165, 1.54) is 97.1 Å². The van der Waals surface area contributed by atoms with Crippen LogP contribution in [-0.4, -0.2) is 31.2 Å². The van der Waals surface area contributed by atoms with Crippen molar-refractivity contribution in [1.29, 1.82) is 0 Å². The van der Waals surface area contributed by atoms with E-state index >= 15 is 0 Å². The molecule has 1 nitrogen and oxygen atoms in total. The highest BCUT2D eigenvalue weighted by Crippen LogP contribution is 2.62. The van der Waals surface area contributed by atoms with E-state index < -0.39 is 11.6 Å².